The first-order valence-corrected chi connectivity index (χ1v) is 15.3. The van der Waals surface area contributed by atoms with Gasteiger partial charge in [-0.15, -0.1) is 10.2 Å². The van der Waals surface area contributed by atoms with Gasteiger partial charge in [0.05, 0.1) is 34.7 Å². The van der Waals surface area contributed by atoms with Crippen LogP contribution in [0, 0.1) is 0 Å². The molecule has 2 heterocycles. The summed E-state index contributed by atoms with van der Waals surface area (Å²) < 4.78 is 42.0. The predicted molar refractivity (Wildman–Crippen MR) is 165 cm³/mol. The van der Waals surface area contributed by atoms with Crippen molar-refractivity contribution in [2.24, 2.45) is 0 Å². The molecule has 2 amide bonds. The van der Waals surface area contributed by atoms with Crippen LogP contribution in [0.3, 0.4) is 0 Å². The van der Waals surface area contributed by atoms with E-state index >= 15 is 0 Å². The fourth-order valence-corrected chi connectivity index (χ4v) is 5.19. The Balaban J connectivity index is 1.87. The highest BCUT2D eigenvalue weighted by Gasteiger charge is 2.34. The number of anilines is 1. The average Bonchev–Trinajstić information content (AvgIpc) is 3.46. The molecule has 15 heteroatoms. The molecule has 0 aliphatic carbocycles. The first-order chi connectivity index (χ1) is 21.2. The minimum Gasteiger partial charge on any atom is -0.496 e. The van der Waals surface area contributed by atoms with Crippen LogP contribution in [-0.4, -0.2) is 70.9 Å². The van der Waals surface area contributed by atoms with Crippen molar-refractivity contribution in [2.75, 3.05) is 19.1 Å². The molecule has 0 saturated carbocycles. The van der Waals surface area contributed by atoms with Crippen LogP contribution in [-0.2, 0) is 21.1 Å². The highest BCUT2D eigenvalue weighted by Crippen LogP contribution is 2.35. The number of amides is 2. The summed E-state index contributed by atoms with van der Waals surface area (Å²) >= 11 is 0. The molecule has 4 rings (SSSR count). The van der Waals surface area contributed by atoms with E-state index in [0.717, 1.165) is 5.56 Å². The first-order valence-electron chi connectivity index (χ1n) is 13.8. The van der Waals surface area contributed by atoms with Gasteiger partial charge in [0.15, 0.2) is 21.3 Å². The normalized spacial score (nSPS) is 11.8. The summed E-state index contributed by atoms with van der Waals surface area (Å²) in [6, 6.07) is 11.4. The second-order valence-corrected chi connectivity index (χ2v) is 13.6. The minimum absolute atomic E-state index is 0.0402. The summed E-state index contributed by atoms with van der Waals surface area (Å²) in [6.07, 6.45) is -1.66. The summed E-state index contributed by atoms with van der Waals surface area (Å²) in [5.74, 6) is -0.190. The largest absolute Gasteiger partial charge is 0.496 e. The van der Waals surface area contributed by atoms with Crippen LogP contribution in [0.1, 0.15) is 40.2 Å². The van der Waals surface area contributed by atoms with Crippen LogP contribution in [0.15, 0.2) is 58.0 Å². The number of benzene rings is 2. The van der Waals surface area contributed by atoms with Gasteiger partial charge in [-0.05, 0) is 71.5 Å². The minimum atomic E-state index is -3.52. The fraction of sp³-hybridized carbons (Fsp3) is 0.333. The zero-order chi connectivity index (χ0) is 33.1. The number of hydrogen-bond acceptors (Lipinski definition) is 12. The van der Waals surface area contributed by atoms with Gasteiger partial charge in [-0.1, -0.05) is 18.2 Å². The topological polar surface area (TPSA) is 187 Å². The molecule has 0 aliphatic heterocycles. The van der Waals surface area contributed by atoms with Gasteiger partial charge in [0, 0.05) is 12.1 Å². The quantitative estimate of drug-likeness (QED) is 0.244. The van der Waals surface area contributed by atoms with Crippen molar-refractivity contribution in [1.82, 2.24) is 25.5 Å². The monoisotopic (exact) mass is 638 g/mol. The Hall–Kier alpha value is -4.89. The number of sulfone groups is 1. The van der Waals surface area contributed by atoms with Gasteiger partial charge < -0.3 is 24.3 Å². The molecule has 0 radical (unpaired) electrons. The molecular weight excluding hydrogens is 604 g/mol. The molecule has 2 aromatic carbocycles. The molecule has 0 bridgehead atoms. The molecule has 0 fully saturated rings. The number of nitrogens with zero attached hydrogens (tertiary/aromatic N) is 5. The second kappa shape index (κ2) is 13.0. The smallest absolute Gasteiger partial charge is 0.425 e. The molecule has 2 aromatic heterocycles. The molecular formula is C30H34N6O8S. The number of rotatable bonds is 9. The van der Waals surface area contributed by atoms with E-state index in [-0.39, 0.29) is 28.1 Å². The number of ether oxygens (including phenoxy) is 2. The van der Waals surface area contributed by atoms with E-state index in [4.69, 9.17) is 13.9 Å². The second-order valence-electron chi connectivity index (χ2n) is 11.1. The lowest BCUT2D eigenvalue weighted by atomic mass is 10.1. The van der Waals surface area contributed by atoms with E-state index in [1.807, 2.05) is 13.1 Å². The molecule has 0 atom stereocenters. The number of hydrogen-bond donors (Lipinski definition) is 2. The van der Waals surface area contributed by atoms with Gasteiger partial charge in [-0.25, -0.2) is 28.0 Å². The summed E-state index contributed by atoms with van der Waals surface area (Å²) in [7, 11) is -0.209. The molecule has 238 valence electrons. The zero-order valence-electron chi connectivity index (χ0n) is 25.9. The molecule has 4 aromatic rings. The van der Waals surface area contributed by atoms with E-state index in [1.165, 1.54) is 25.4 Å². The lowest BCUT2D eigenvalue weighted by Crippen LogP contribution is -2.41. The number of carbonyl (C=O) groups is 2. The van der Waals surface area contributed by atoms with Crippen molar-refractivity contribution in [3.05, 3.63) is 54.2 Å². The van der Waals surface area contributed by atoms with Gasteiger partial charge in [0.25, 0.3) is 11.8 Å². The van der Waals surface area contributed by atoms with E-state index in [2.05, 4.69) is 25.5 Å². The van der Waals surface area contributed by atoms with Gasteiger partial charge in [-0.3, -0.25) is 0 Å². The predicted octanol–water partition coefficient (Wildman–Crippen LogP) is 5.19. The van der Waals surface area contributed by atoms with E-state index in [0.29, 0.717) is 28.3 Å². The maximum atomic E-state index is 13.0. The van der Waals surface area contributed by atoms with Crippen molar-refractivity contribution in [2.45, 2.75) is 56.9 Å². The third-order valence-corrected chi connectivity index (χ3v) is 8.51. The Morgan fingerprint density at radius 2 is 1.73 bits per heavy atom. The van der Waals surface area contributed by atoms with Crippen molar-refractivity contribution in [1.29, 1.82) is 0 Å². The number of methoxy groups -OCH3 is 1. The molecule has 45 heavy (non-hydrogen) atoms. The number of imide groups is 1. The Morgan fingerprint density at radius 1 is 1.07 bits per heavy atom. The van der Waals surface area contributed by atoms with Crippen LogP contribution in [0.5, 0.6) is 5.75 Å². The summed E-state index contributed by atoms with van der Waals surface area (Å²) in [5.41, 5.74) is 0.823. The summed E-state index contributed by atoms with van der Waals surface area (Å²) in [4.78, 5) is 34.6. The molecule has 0 saturated heterocycles. The molecule has 2 N–H and O–H groups in total. The fourth-order valence-electron chi connectivity index (χ4n) is 4.13. The van der Waals surface area contributed by atoms with Crippen LogP contribution < -0.4 is 15.0 Å². The number of aromatic nitrogens is 4. The standard InChI is InChI=1S/C30H34N6O8S/c1-17(2)45(40,41)20-11-9-19(10-12-20)22-16-32-25(36(28(37)38)29(39)44-30(3,4)5)24(33-22)27-35-34-26(43-27)21-13-8-18(15-31-6)14-23(21)42-7/h8-14,16-17,31H,15H2,1-7H3,(H,37,38). The van der Waals surface area contributed by atoms with Crippen molar-refractivity contribution >= 4 is 27.8 Å². The van der Waals surface area contributed by atoms with Gasteiger partial charge >= 0.3 is 12.2 Å². The van der Waals surface area contributed by atoms with Crippen LogP contribution in [0.4, 0.5) is 15.4 Å². The van der Waals surface area contributed by atoms with E-state index < -0.39 is 38.7 Å². The third kappa shape index (κ3) is 7.26. The third-order valence-electron chi connectivity index (χ3n) is 6.34. The van der Waals surface area contributed by atoms with Crippen LogP contribution >= 0.6 is 0 Å². The Kier molecular flexibility index (Phi) is 9.53. The molecule has 0 unspecified atom stereocenters. The maximum Gasteiger partial charge on any atom is 0.425 e. The molecule has 14 nitrogen and oxygen atoms in total. The Labute approximate surface area is 260 Å². The van der Waals surface area contributed by atoms with Crippen molar-refractivity contribution < 1.29 is 37.0 Å². The number of carbonyl (C=O) groups excluding carboxylic acids is 1. The van der Waals surface area contributed by atoms with Crippen molar-refractivity contribution in [3.8, 4) is 40.0 Å². The van der Waals surface area contributed by atoms with E-state index in [1.54, 1.807) is 58.9 Å². The zero-order valence-corrected chi connectivity index (χ0v) is 26.7. The van der Waals surface area contributed by atoms with Gasteiger partial charge in [0.2, 0.25) is 0 Å². The van der Waals surface area contributed by atoms with Gasteiger partial charge in [-0.2, -0.15) is 4.90 Å². The Morgan fingerprint density at radius 3 is 2.31 bits per heavy atom. The average molecular weight is 639 g/mol. The highest BCUT2D eigenvalue weighted by atomic mass is 32.2. The number of carboxylic acid groups (broad SMARTS) is 1. The van der Waals surface area contributed by atoms with Crippen LogP contribution in [0.25, 0.3) is 34.3 Å². The number of nitrogens with one attached hydrogen (secondary N) is 1. The maximum absolute atomic E-state index is 13.0. The first kappa shape index (κ1) is 33.0. The highest BCUT2D eigenvalue weighted by molar-refractivity contribution is 7.92. The van der Waals surface area contributed by atoms with E-state index in [9.17, 15) is 23.1 Å². The lowest BCUT2D eigenvalue weighted by Gasteiger charge is -2.24. The summed E-state index contributed by atoms with van der Waals surface area (Å²) in [6.45, 7) is 8.53. The Bertz CT molecular complexity index is 1810. The lowest BCUT2D eigenvalue weighted by molar-refractivity contribution is 0.0581. The molecule has 0 spiro atoms. The van der Waals surface area contributed by atoms with Crippen molar-refractivity contribution in [3.63, 3.8) is 0 Å². The molecule has 0 aliphatic rings. The van der Waals surface area contributed by atoms with Crippen LogP contribution in [0.2, 0.25) is 0 Å². The SMILES string of the molecule is CNCc1ccc(-c2nnc(-c3nc(-c4ccc(S(=O)(=O)C(C)C)cc4)cnc3N(C(=O)O)C(=O)OC(C)(C)C)o2)c(OC)c1. The van der Waals surface area contributed by atoms with Gasteiger partial charge in [0.1, 0.15) is 11.4 Å². The summed E-state index contributed by atoms with van der Waals surface area (Å²) in [5, 5.41) is 20.7.